The molecule has 1 heterocycles. The van der Waals surface area contributed by atoms with Gasteiger partial charge in [0.15, 0.2) is 5.82 Å². The third-order valence-corrected chi connectivity index (χ3v) is 5.79. The molecule has 6 nitrogen and oxygen atoms in total. The van der Waals surface area contributed by atoms with E-state index in [9.17, 15) is 9.59 Å². The number of nitrogens with one attached hydrogen (secondary N) is 1. The van der Waals surface area contributed by atoms with Gasteiger partial charge in [0.25, 0.3) is 0 Å². The van der Waals surface area contributed by atoms with E-state index in [0.717, 1.165) is 32.1 Å². The van der Waals surface area contributed by atoms with Crippen LogP contribution in [-0.2, 0) is 9.59 Å². The van der Waals surface area contributed by atoms with Crippen LogP contribution in [0, 0.1) is 12.8 Å². The standard InChI is InChI=1S/C20H31N3O3/c1-15-13-18(22-26-15)21-19(24)14-23(17-9-3-2-4-10-17)20(25)12-11-16-7-5-6-8-16/h13,16-17H,2-12,14H2,1H3,(H,21,22,24). The highest BCUT2D eigenvalue weighted by Gasteiger charge is 2.28. The summed E-state index contributed by atoms with van der Waals surface area (Å²) in [5.74, 6) is 1.69. The van der Waals surface area contributed by atoms with Crippen LogP contribution < -0.4 is 5.32 Å². The Morgan fingerprint density at radius 2 is 1.85 bits per heavy atom. The maximum atomic E-state index is 12.9. The van der Waals surface area contributed by atoms with E-state index in [1.165, 1.54) is 32.1 Å². The molecule has 1 aromatic heterocycles. The number of carbonyl (C=O) groups excluding carboxylic acids is 2. The van der Waals surface area contributed by atoms with Crippen LogP contribution in [0.1, 0.15) is 76.4 Å². The Morgan fingerprint density at radius 1 is 1.15 bits per heavy atom. The van der Waals surface area contributed by atoms with E-state index < -0.39 is 0 Å². The van der Waals surface area contributed by atoms with Gasteiger partial charge in [0.05, 0.1) is 0 Å². The smallest absolute Gasteiger partial charge is 0.245 e. The molecule has 2 amide bonds. The molecule has 0 spiro atoms. The van der Waals surface area contributed by atoms with Crippen LogP contribution >= 0.6 is 0 Å². The van der Waals surface area contributed by atoms with Gasteiger partial charge in [-0.1, -0.05) is 50.1 Å². The van der Waals surface area contributed by atoms with Gasteiger partial charge in [-0.05, 0) is 32.1 Å². The van der Waals surface area contributed by atoms with Gasteiger partial charge < -0.3 is 14.7 Å². The van der Waals surface area contributed by atoms with Gasteiger partial charge in [0.1, 0.15) is 12.3 Å². The Balaban J connectivity index is 1.58. The molecular formula is C20H31N3O3. The van der Waals surface area contributed by atoms with Crippen molar-refractivity contribution >= 4 is 17.6 Å². The molecule has 144 valence electrons. The van der Waals surface area contributed by atoms with Crippen LogP contribution in [-0.4, -0.2) is 34.5 Å². The lowest BCUT2D eigenvalue weighted by Gasteiger charge is -2.34. The average molecular weight is 361 g/mol. The molecule has 1 aromatic rings. The van der Waals surface area contributed by atoms with Crippen molar-refractivity contribution in [2.45, 2.75) is 83.6 Å². The zero-order valence-corrected chi connectivity index (χ0v) is 15.8. The Hall–Kier alpha value is -1.85. The second-order valence-corrected chi connectivity index (χ2v) is 7.87. The molecular weight excluding hydrogens is 330 g/mol. The maximum Gasteiger partial charge on any atom is 0.245 e. The van der Waals surface area contributed by atoms with Gasteiger partial charge >= 0.3 is 0 Å². The van der Waals surface area contributed by atoms with Crippen LogP contribution in [0.25, 0.3) is 0 Å². The van der Waals surface area contributed by atoms with Gasteiger partial charge in [0.2, 0.25) is 11.8 Å². The minimum Gasteiger partial charge on any atom is -0.360 e. The van der Waals surface area contributed by atoms with Gasteiger partial charge in [-0.2, -0.15) is 0 Å². The van der Waals surface area contributed by atoms with Crippen molar-refractivity contribution in [1.82, 2.24) is 10.1 Å². The molecule has 26 heavy (non-hydrogen) atoms. The van der Waals surface area contributed by atoms with Crippen molar-refractivity contribution in [3.05, 3.63) is 11.8 Å². The van der Waals surface area contributed by atoms with Gasteiger partial charge in [-0.15, -0.1) is 0 Å². The molecule has 0 aromatic carbocycles. The molecule has 1 N–H and O–H groups in total. The normalized spacial score (nSPS) is 18.8. The summed E-state index contributed by atoms with van der Waals surface area (Å²) in [4.78, 5) is 27.2. The van der Waals surface area contributed by atoms with Crippen LogP contribution in [0.2, 0.25) is 0 Å². The van der Waals surface area contributed by atoms with Crippen molar-refractivity contribution in [2.24, 2.45) is 5.92 Å². The molecule has 6 heteroatoms. The first-order valence-electron chi connectivity index (χ1n) is 10.1. The number of anilines is 1. The molecule has 2 fully saturated rings. The number of hydrogen-bond acceptors (Lipinski definition) is 4. The SMILES string of the molecule is Cc1cc(NC(=O)CN(C(=O)CCC2CCCC2)C2CCCCC2)no1. The molecule has 2 aliphatic carbocycles. The quantitative estimate of drug-likeness (QED) is 0.795. The number of amides is 2. The first-order chi connectivity index (χ1) is 12.6. The molecule has 2 aliphatic rings. The van der Waals surface area contributed by atoms with Crippen LogP contribution in [0.3, 0.4) is 0 Å². The highest BCUT2D eigenvalue weighted by molar-refractivity contribution is 5.93. The molecule has 0 aliphatic heterocycles. The molecule has 0 unspecified atom stereocenters. The van der Waals surface area contributed by atoms with Gasteiger partial charge in [-0.25, -0.2) is 0 Å². The summed E-state index contributed by atoms with van der Waals surface area (Å²) in [5.41, 5.74) is 0. The Labute approximate surface area is 155 Å². The Bertz CT molecular complexity index is 601. The predicted octanol–water partition coefficient (Wildman–Crippen LogP) is 4.05. The monoisotopic (exact) mass is 361 g/mol. The first kappa shape index (κ1) is 18.9. The number of aryl methyl sites for hydroxylation is 1. The van der Waals surface area contributed by atoms with Crippen molar-refractivity contribution < 1.29 is 14.1 Å². The van der Waals surface area contributed by atoms with E-state index in [4.69, 9.17) is 4.52 Å². The Kier molecular flexibility index (Phi) is 6.69. The zero-order valence-electron chi connectivity index (χ0n) is 15.8. The van der Waals surface area contributed by atoms with E-state index in [-0.39, 0.29) is 24.4 Å². The lowest BCUT2D eigenvalue weighted by molar-refractivity contribution is -0.138. The lowest BCUT2D eigenvalue weighted by atomic mass is 9.93. The second kappa shape index (κ2) is 9.19. The number of aromatic nitrogens is 1. The van der Waals surface area contributed by atoms with Crippen LogP contribution in [0.4, 0.5) is 5.82 Å². The summed E-state index contributed by atoms with van der Waals surface area (Å²) in [6.07, 6.45) is 12.1. The minimum absolute atomic E-state index is 0.111. The number of nitrogens with zero attached hydrogens (tertiary/aromatic N) is 2. The summed E-state index contributed by atoms with van der Waals surface area (Å²) in [5, 5.41) is 6.55. The summed E-state index contributed by atoms with van der Waals surface area (Å²) >= 11 is 0. The fraction of sp³-hybridized carbons (Fsp3) is 0.750. The van der Waals surface area contributed by atoms with E-state index in [2.05, 4.69) is 10.5 Å². The lowest BCUT2D eigenvalue weighted by Crippen LogP contribution is -2.45. The summed E-state index contributed by atoms with van der Waals surface area (Å²) in [6.45, 7) is 1.89. The van der Waals surface area contributed by atoms with E-state index >= 15 is 0 Å². The second-order valence-electron chi connectivity index (χ2n) is 7.87. The summed E-state index contributed by atoms with van der Waals surface area (Å²) < 4.78 is 4.98. The van der Waals surface area contributed by atoms with Crippen molar-refractivity contribution in [2.75, 3.05) is 11.9 Å². The van der Waals surface area contributed by atoms with Crippen LogP contribution in [0.5, 0.6) is 0 Å². The fourth-order valence-electron chi connectivity index (χ4n) is 4.35. The fourth-order valence-corrected chi connectivity index (χ4v) is 4.35. The predicted molar refractivity (Wildman–Crippen MR) is 99.6 cm³/mol. The largest absolute Gasteiger partial charge is 0.360 e. The van der Waals surface area contributed by atoms with E-state index in [1.54, 1.807) is 13.0 Å². The van der Waals surface area contributed by atoms with Crippen molar-refractivity contribution in [3.8, 4) is 0 Å². The molecule has 2 saturated carbocycles. The van der Waals surface area contributed by atoms with E-state index in [1.807, 2.05) is 4.90 Å². The first-order valence-corrected chi connectivity index (χ1v) is 10.1. The van der Waals surface area contributed by atoms with Crippen LogP contribution in [0.15, 0.2) is 10.6 Å². The average Bonchev–Trinajstić information content (AvgIpc) is 3.30. The highest BCUT2D eigenvalue weighted by Crippen LogP contribution is 2.29. The molecule has 0 radical (unpaired) electrons. The molecule has 0 saturated heterocycles. The van der Waals surface area contributed by atoms with Gasteiger partial charge in [0, 0.05) is 18.5 Å². The zero-order chi connectivity index (χ0) is 18.4. The third-order valence-electron chi connectivity index (χ3n) is 5.79. The summed E-state index contributed by atoms with van der Waals surface area (Å²) in [6, 6.07) is 1.88. The van der Waals surface area contributed by atoms with Gasteiger partial charge in [-0.3, -0.25) is 9.59 Å². The highest BCUT2D eigenvalue weighted by atomic mass is 16.5. The molecule has 0 bridgehead atoms. The van der Waals surface area contributed by atoms with Crippen molar-refractivity contribution in [3.63, 3.8) is 0 Å². The topological polar surface area (TPSA) is 75.4 Å². The Morgan fingerprint density at radius 3 is 2.50 bits per heavy atom. The number of hydrogen-bond donors (Lipinski definition) is 1. The van der Waals surface area contributed by atoms with E-state index in [0.29, 0.717) is 23.9 Å². The number of rotatable bonds is 7. The molecule has 3 rings (SSSR count). The molecule has 0 atom stereocenters. The van der Waals surface area contributed by atoms with Crippen molar-refractivity contribution in [1.29, 1.82) is 0 Å². The number of carbonyl (C=O) groups is 2. The third kappa shape index (κ3) is 5.32. The summed E-state index contributed by atoms with van der Waals surface area (Å²) in [7, 11) is 0. The maximum absolute atomic E-state index is 12.9. The minimum atomic E-state index is -0.196.